The van der Waals surface area contributed by atoms with Crippen LogP contribution in [0.5, 0.6) is 0 Å². The number of rotatable bonds is 8. The number of aryl methyl sites for hydroxylation is 1. The number of nitrogens with one attached hydrogen (secondary N) is 2. The maximum absolute atomic E-state index is 12.1. The molecule has 0 aliphatic heterocycles. The van der Waals surface area contributed by atoms with Gasteiger partial charge in [-0.05, 0) is 38.9 Å². The first-order valence-corrected chi connectivity index (χ1v) is 8.21. The molecule has 0 aliphatic rings. The van der Waals surface area contributed by atoms with Gasteiger partial charge in [0, 0.05) is 24.3 Å². The molecule has 5 nitrogen and oxygen atoms in total. The third-order valence-corrected chi connectivity index (χ3v) is 3.83. The van der Waals surface area contributed by atoms with Crippen molar-refractivity contribution in [3.05, 3.63) is 47.3 Å². The third kappa shape index (κ3) is 4.66. The SMILES string of the molecule is CCCNCCNC(=O)Cc1c(C)nn(-c2ccccc2)c1C. The van der Waals surface area contributed by atoms with Gasteiger partial charge in [-0.3, -0.25) is 4.79 Å². The molecule has 2 rings (SSSR count). The molecule has 0 radical (unpaired) electrons. The molecule has 1 aromatic heterocycles. The summed E-state index contributed by atoms with van der Waals surface area (Å²) in [4.78, 5) is 12.1. The zero-order chi connectivity index (χ0) is 16.7. The molecule has 1 heterocycles. The van der Waals surface area contributed by atoms with E-state index in [0.29, 0.717) is 13.0 Å². The summed E-state index contributed by atoms with van der Waals surface area (Å²) in [7, 11) is 0. The average Bonchev–Trinajstić information content (AvgIpc) is 2.83. The van der Waals surface area contributed by atoms with Gasteiger partial charge in [-0.2, -0.15) is 5.10 Å². The summed E-state index contributed by atoms with van der Waals surface area (Å²) in [6.45, 7) is 8.54. The molecule has 23 heavy (non-hydrogen) atoms. The molecule has 1 amide bonds. The number of amides is 1. The van der Waals surface area contributed by atoms with E-state index in [1.54, 1.807) is 0 Å². The Balaban J connectivity index is 1.98. The van der Waals surface area contributed by atoms with Gasteiger partial charge in [0.2, 0.25) is 5.91 Å². The van der Waals surface area contributed by atoms with Crippen LogP contribution in [-0.4, -0.2) is 35.3 Å². The monoisotopic (exact) mass is 314 g/mol. The Bertz CT molecular complexity index is 634. The van der Waals surface area contributed by atoms with Crippen molar-refractivity contribution >= 4 is 5.91 Å². The lowest BCUT2D eigenvalue weighted by atomic mass is 10.1. The fourth-order valence-electron chi connectivity index (χ4n) is 2.57. The highest BCUT2D eigenvalue weighted by Gasteiger charge is 2.15. The van der Waals surface area contributed by atoms with Gasteiger partial charge in [0.1, 0.15) is 0 Å². The van der Waals surface area contributed by atoms with Crippen molar-refractivity contribution in [2.75, 3.05) is 19.6 Å². The molecule has 0 atom stereocenters. The molecule has 1 aromatic carbocycles. The molecule has 0 aliphatic carbocycles. The summed E-state index contributed by atoms with van der Waals surface area (Å²) >= 11 is 0. The first kappa shape index (κ1) is 17.2. The Kier molecular flexibility index (Phi) is 6.35. The minimum atomic E-state index is 0.0436. The van der Waals surface area contributed by atoms with Gasteiger partial charge < -0.3 is 10.6 Å². The number of aromatic nitrogens is 2. The summed E-state index contributed by atoms with van der Waals surface area (Å²) in [5.74, 6) is 0.0436. The number of para-hydroxylation sites is 1. The Hall–Kier alpha value is -2.14. The Morgan fingerprint density at radius 2 is 1.87 bits per heavy atom. The van der Waals surface area contributed by atoms with Gasteiger partial charge in [-0.15, -0.1) is 0 Å². The van der Waals surface area contributed by atoms with E-state index in [-0.39, 0.29) is 5.91 Å². The molecule has 0 unspecified atom stereocenters. The molecule has 2 N–H and O–H groups in total. The van der Waals surface area contributed by atoms with Crippen LogP contribution >= 0.6 is 0 Å². The van der Waals surface area contributed by atoms with Crippen LogP contribution in [0.1, 0.15) is 30.3 Å². The number of carbonyl (C=O) groups is 1. The fourth-order valence-corrected chi connectivity index (χ4v) is 2.57. The summed E-state index contributed by atoms with van der Waals surface area (Å²) in [6.07, 6.45) is 1.48. The average molecular weight is 314 g/mol. The molecular formula is C18H26N4O. The molecule has 0 bridgehead atoms. The van der Waals surface area contributed by atoms with E-state index in [9.17, 15) is 4.79 Å². The molecule has 124 valence electrons. The number of hydrogen-bond acceptors (Lipinski definition) is 3. The largest absolute Gasteiger partial charge is 0.355 e. The van der Waals surface area contributed by atoms with E-state index in [0.717, 1.165) is 42.1 Å². The van der Waals surface area contributed by atoms with Crippen LogP contribution in [0.15, 0.2) is 30.3 Å². The van der Waals surface area contributed by atoms with E-state index in [2.05, 4.69) is 22.7 Å². The molecule has 0 saturated carbocycles. The second-order valence-corrected chi connectivity index (χ2v) is 5.67. The van der Waals surface area contributed by atoms with Gasteiger partial charge in [0.15, 0.2) is 0 Å². The van der Waals surface area contributed by atoms with E-state index in [4.69, 9.17) is 0 Å². The highest BCUT2D eigenvalue weighted by Crippen LogP contribution is 2.18. The lowest BCUT2D eigenvalue weighted by molar-refractivity contribution is -0.120. The van der Waals surface area contributed by atoms with Gasteiger partial charge >= 0.3 is 0 Å². The van der Waals surface area contributed by atoms with Crippen LogP contribution < -0.4 is 10.6 Å². The van der Waals surface area contributed by atoms with Crippen molar-refractivity contribution in [1.82, 2.24) is 20.4 Å². The highest BCUT2D eigenvalue weighted by molar-refractivity contribution is 5.79. The topological polar surface area (TPSA) is 58.9 Å². The van der Waals surface area contributed by atoms with E-state index in [1.165, 1.54) is 0 Å². The molecule has 0 spiro atoms. The second kappa shape index (κ2) is 8.48. The standard InChI is InChI=1S/C18H26N4O/c1-4-10-19-11-12-20-18(23)13-17-14(2)21-22(15(17)3)16-8-6-5-7-9-16/h5-9,19H,4,10-13H2,1-3H3,(H,20,23). The van der Waals surface area contributed by atoms with Crippen molar-refractivity contribution in [3.63, 3.8) is 0 Å². The van der Waals surface area contributed by atoms with Crippen molar-refractivity contribution in [3.8, 4) is 5.69 Å². The van der Waals surface area contributed by atoms with Gasteiger partial charge in [-0.25, -0.2) is 4.68 Å². The number of carbonyl (C=O) groups excluding carboxylic acids is 1. The first-order chi connectivity index (χ1) is 11.1. The number of hydrogen-bond donors (Lipinski definition) is 2. The zero-order valence-corrected chi connectivity index (χ0v) is 14.2. The van der Waals surface area contributed by atoms with Crippen LogP contribution in [0.4, 0.5) is 0 Å². The zero-order valence-electron chi connectivity index (χ0n) is 14.2. The molecule has 0 saturated heterocycles. The van der Waals surface area contributed by atoms with Crippen LogP contribution in [0, 0.1) is 13.8 Å². The van der Waals surface area contributed by atoms with Crippen molar-refractivity contribution in [2.45, 2.75) is 33.6 Å². The summed E-state index contributed by atoms with van der Waals surface area (Å²) < 4.78 is 1.90. The van der Waals surface area contributed by atoms with Gasteiger partial charge in [0.05, 0.1) is 17.8 Å². The van der Waals surface area contributed by atoms with Crippen LogP contribution in [0.3, 0.4) is 0 Å². The molecule has 2 aromatic rings. The molecule has 5 heteroatoms. The smallest absolute Gasteiger partial charge is 0.224 e. The molecule has 0 fully saturated rings. The van der Waals surface area contributed by atoms with E-state index in [1.807, 2.05) is 48.9 Å². The summed E-state index contributed by atoms with van der Waals surface area (Å²) in [5.41, 5.74) is 3.95. The normalized spacial score (nSPS) is 10.7. The van der Waals surface area contributed by atoms with Crippen LogP contribution in [0.2, 0.25) is 0 Å². The predicted molar refractivity (Wildman–Crippen MR) is 92.9 cm³/mol. The quantitative estimate of drug-likeness (QED) is 0.734. The minimum Gasteiger partial charge on any atom is -0.355 e. The highest BCUT2D eigenvalue weighted by atomic mass is 16.1. The number of benzene rings is 1. The van der Waals surface area contributed by atoms with Crippen molar-refractivity contribution in [1.29, 1.82) is 0 Å². The van der Waals surface area contributed by atoms with Crippen molar-refractivity contribution in [2.24, 2.45) is 0 Å². The van der Waals surface area contributed by atoms with Crippen molar-refractivity contribution < 1.29 is 4.79 Å². The van der Waals surface area contributed by atoms with Gasteiger partial charge in [0.25, 0.3) is 0 Å². The molecular weight excluding hydrogens is 288 g/mol. The Morgan fingerprint density at radius 3 is 2.57 bits per heavy atom. The summed E-state index contributed by atoms with van der Waals surface area (Å²) in [5, 5.41) is 10.8. The Morgan fingerprint density at radius 1 is 1.13 bits per heavy atom. The van der Waals surface area contributed by atoms with Crippen LogP contribution in [-0.2, 0) is 11.2 Å². The number of nitrogens with zero attached hydrogens (tertiary/aromatic N) is 2. The minimum absolute atomic E-state index is 0.0436. The second-order valence-electron chi connectivity index (χ2n) is 5.67. The first-order valence-electron chi connectivity index (χ1n) is 8.21. The maximum Gasteiger partial charge on any atom is 0.224 e. The summed E-state index contributed by atoms with van der Waals surface area (Å²) in [6, 6.07) is 9.99. The van der Waals surface area contributed by atoms with Crippen LogP contribution in [0.25, 0.3) is 5.69 Å². The van der Waals surface area contributed by atoms with E-state index < -0.39 is 0 Å². The van der Waals surface area contributed by atoms with Gasteiger partial charge in [-0.1, -0.05) is 25.1 Å². The fraction of sp³-hybridized carbons (Fsp3) is 0.444. The Labute approximate surface area is 138 Å². The maximum atomic E-state index is 12.1. The lowest BCUT2D eigenvalue weighted by Gasteiger charge is -2.07. The predicted octanol–water partition coefficient (Wildman–Crippen LogP) is 2.15. The van der Waals surface area contributed by atoms with E-state index >= 15 is 0 Å². The lowest BCUT2D eigenvalue weighted by Crippen LogP contribution is -2.33. The third-order valence-electron chi connectivity index (χ3n) is 3.83.